The van der Waals surface area contributed by atoms with E-state index in [0.717, 1.165) is 11.1 Å². The van der Waals surface area contributed by atoms with E-state index >= 15 is 0 Å². The molecule has 2 atom stereocenters. The average Bonchev–Trinajstić information content (AvgIpc) is 2.65. The van der Waals surface area contributed by atoms with Gasteiger partial charge >= 0.3 is 11.9 Å². The second kappa shape index (κ2) is 7.90. The molecule has 0 spiro atoms. The zero-order valence-electron chi connectivity index (χ0n) is 14.9. The van der Waals surface area contributed by atoms with Gasteiger partial charge in [-0.3, -0.25) is 9.69 Å². The molecule has 1 fully saturated rings. The molecule has 1 heterocycles. The summed E-state index contributed by atoms with van der Waals surface area (Å²) in [6.45, 7) is 1.23. The molecule has 6 nitrogen and oxygen atoms in total. The summed E-state index contributed by atoms with van der Waals surface area (Å²) in [6, 6.07) is 16.0. The van der Waals surface area contributed by atoms with Crippen LogP contribution in [-0.2, 0) is 17.8 Å². The number of aliphatic hydroxyl groups is 1. The van der Waals surface area contributed by atoms with Crippen molar-refractivity contribution in [3.05, 3.63) is 71.3 Å². The lowest BCUT2D eigenvalue weighted by molar-refractivity contribution is -0.163. The number of piperidine rings is 1. The smallest absolute Gasteiger partial charge is 0.335 e. The van der Waals surface area contributed by atoms with Crippen LogP contribution < -0.4 is 0 Å². The van der Waals surface area contributed by atoms with Crippen LogP contribution in [0.15, 0.2) is 54.6 Å². The molecule has 142 valence electrons. The minimum absolute atomic E-state index is 0.217. The van der Waals surface area contributed by atoms with Crippen molar-refractivity contribution in [1.29, 1.82) is 0 Å². The number of hydrogen-bond acceptors (Lipinski definition) is 4. The van der Waals surface area contributed by atoms with Crippen molar-refractivity contribution >= 4 is 11.9 Å². The van der Waals surface area contributed by atoms with Gasteiger partial charge in [-0.25, -0.2) is 4.79 Å². The zero-order valence-corrected chi connectivity index (χ0v) is 14.9. The van der Waals surface area contributed by atoms with Crippen molar-refractivity contribution in [2.75, 3.05) is 13.1 Å². The number of nitrogens with zero attached hydrogens (tertiary/aromatic N) is 1. The lowest BCUT2D eigenvalue weighted by Crippen LogP contribution is -2.55. The summed E-state index contributed by atoms with van der Waals surface area (Å²) in [5.41, 5.74) is 0.726. The number of hydrogen-bond donors (Lipinski definition) is 3. The van der Waals surface area contributed by atoms with Crippen LogP contribution in [0, 0.1) is 5.41 Å². The largest absolute Gasteiger partial charge is 0.481 e. The van der Waals surface area contributed by atoms with E-state index in [1.54, 1.807) is 12.1 Å². The van der Waals surface area contributed by atoms with Gasteiger partial charge in [0.15, 0.2) is 0 Å². The maximum absolute atomic E-state index is 12.0. The first kappa shape index (κ1) is 19.1. The molecule has 0 bridgehead atoms. The van der Waals surface area contributed by atoms with Crippen molar-refractivity contribution in [2.45, 2.75) is 25.5 Å². The van der Waals surface area contributed by atoms with E-state index < -0.39 is 23.5 Å². The zero-order chi connectivity index (χ0) is 19.4. The fourth-order valence-electron chi connectivity index (χ4n) is 3.73. The molecular formula is C21H23NO5. The Morgan fingerprint density at radius 2 is 1.74 bits per heavy atom. The third-order valence-corrected chi connectivity index (χ3v) is 5.31. The lowest BCUT2D eigenvalue weighted by Gasteiger charge is -2.43. The lowest BCUT2D eigenvalue weighted by atomic mass is 9.71. The predicted molar refractivity (Wildman–Crippen MR) is 99.5 cm³/mol. The minimum atomic E-state index is -1.21. The van der Waals surface area contributed by atoms with Crippen molar-refractivity contribution in [3.63, 3.8) is 0 Å². The van der Waals surface area contributed by atoms with Gasteiger partial charge in [-0.2, -0.15) is 0 Å². The maximum Gasteiger partial charge on any atom is 0.335 e. The Hall–Kier alpha value is -2.70. The van der Waals surface area contributed by atoms with E-state index in [4.69, 9.17) is 5.11 Å². The van der Waals surface area contributed by atoms with Gasteiger partial charge in [0.2, 0.25) is 0 Å². The summed E-state index contributed by atoms with van der Waals surface area (Å²) in [4.78, 5) is 25.1. The molecule has 0 saturated carbocycles. The number of aromatic carboxylic acids is 1. The molecular weight excluding hydrogens is 346 g/mol. The van der Waals surface area contributed by atoms with Gasteiger partial charge in [-0.05, 0) is 42.6 Å². The number of carboxylic acid groups (broad SMARTS) is 2. The average molecular weight is 369 g/mol. The molecule has 1 aliphatic heterocycles. The number of β-amino-alcohol motifs (C(OH)–C–C–N with tert-alkyl or cyclic N) is 1. The van der Waals surface area contributed by atoms with E-state index in [9.17, 15) is 19.8 Å². The predicted octanol–water partition coefficient (Wildman–Crippen LogP) is 2.27. The molecule has 0 aromatic heterocycles. The topological polar surface area (TPSA) is 98.1 Å². The number of likely N-dealkylation sites (tertiary alicyclic amines) is 1. The van der Waals surface area contributed by atoms with Gasteiger partial charge in [0, 0.05) is 13.1 Å². The number of benzene rings is 2. The molecule has 27 heavy (non-hydrogen) atoms. The van der Waals surface area contributed by atoms with Crippen LogP contribution in [0.5, 0.6) is 0 Å². The van der Waals surface area contributed by atoms with E-state index in [1.165, 1.54) is 6.07 Å². The standard InChI is InChI=1S/C21H23NO5/c23-18-14-22(13-16-7-4-8-17(11-16)19(24)25)10-9-21(18,20(26)27)12-15-5-2-1-3-6-15/h1-8,11,18,23H,9-10,12-14H2,(H,24,25)(H,26,27)/t18-,21+/m0/s1. The highest BCUT2D eigenvalue weighted by Crippen LogP contribution is 2.36. The van der Waals surface area contributed by atoms with Crippen LogP contribution in [0.2, 0.25) is 0 Å². The van der Waals surface area contributed by atoms with E-state index in [-0.39, 0.29) is 18.5 Å². The minimum Gasteiger partial charge on any atom is -0.481 e. The normalized spacial score (nSPS) is 23.1. The summed E-state index contributed by atoms with van der Waals surface area (Å²) in [5.74, 6) is -1.96. The van der Waals surface area contributed by atoms with Crippen LogP contribution in [0.3, 0.4) is 0 Å². The first-order valence-corrected chi connectivity index (χ1v) is 8.91. The van der Waals surface area contributed by atoms with Crippen molar-refractivity contribution in [1.82, 2.24) is 4.90 Å². The van der Waals surface area contributed by atoms with Gasteiger partial charge in [-0.15, -0.1) is 0 Å². The van der Waals surface area contributed by atoms with Gasteiger partial charge in [0.25, 0.3) is 0 Å². The molecule has 1 aliphatic rings. The number of aliphatic hydroxyl groups excluding tert-OH is 1. The van der Waals surface area contributed by atoms with Crippen molar-refractivity contribution < 1.29 is 24.9 Å². The Kier molecular flexibility index (Phi) is 5.58. The highest BCUT2D eigenvalue weighted by molar-refractivity contribution is 5.87. The molecule has 3 N–H and O–H groups in total. The Balaban J connectivity index is 1.72. The molecule has 2 aromatic rings. The summed E-state index contributed by atoms with van der Waals surface area (Å²) in [6.07, 6.45) is -0.393. The fraction of sp³-hybridized carbons (Fsp3) is 0.333. The first-order valence-electron chi connectivity index (χ1n) is 8.91. The second-order valence-corrected chi connectivity index (χ2v) is 7.13. The van der Waals surface area contributed by atoms with Crippen LogP contribution in [0.4, 0.5) is 0 Å². The van der Waals surface area contributed by atoms with Gasteiger partial charge in [0.05, 0.1) is 11.7 Å². The van der Waals surface area contributed by atoms with Crippen molar-refractivity contribution in [3.8, 4) is 0 Å². The number of rotatable bonds is 6. The summed E-state index contributed by atoms with van der Waals surface area (Å²) in [5, 5.41) is 29.7. The second-order valence-electron chi connectivity index (χ2n) is 7.13. The van der Waals surface area contributed by atoms with Crippen molar-refractivity contribution in [2.24, 2.45) is 5.41 Å². The molecule has 3 rings (SSSR count). The van der Waals surface area contributed by atoms with Gasteiger partial charge in [-0.1, -0.05) is 42.5 Å². The molecule has 2 aromatic carbocycles. The Labute approximate surface area is 157 Å². The fourth-order valence-corrected chi connectivity index (χ4v) is 3.73. The summed E-state index contributed by atoms with van der Waals surface area (Å²) in [7, 11) is 0. The summed E-state index contributed by atoms with van der Waals surface area (Å²) >= 11 is 0. The highest BCUT2D eigenvalue weighted by atomic mass is 16.4. The molecule has 1 saturated heterocycles. The number of carboxylic acids is 2. The van der Waals surface area contributed by atoms with E-state index in [2.05, 4.69) is 0 Å². The maximum atomic E-state index is 12.0. The van der Waals surface area contributed by atoms with Crippen LogP contribution in [-0.4, -0.2) is 51.4 Å². The SMILES string of the molecule is O=C(O)c1cccc(CN2CC[C@](Cc3ccccc3)(C(=O)O)[C@@H](O)C2)c1. The molecule has 0 aliphatic carbocycles. The van der Waals surface area contributed by atoms with Gasteiger partial charge < -0.3 is 15.3 Å². The molecule has 6 heteroatoms. The Bertz CT molecular complexity index is 822. The molecule has 0 unspecified atom stereocenters. The monoisotopic (exact) mass is 369 g/mol. The number of aliphatic carboxylic acids is 1. The van der Waals surface area contributed by atoms with E-state index in [1.807, 2.05) is 41.3 Å². The van der Waals surface area contributed by atoms with Crippen LogP contribution >= 0.6 is 0 Å². The Morgan fingerprint density at radius 1 is 1.04 bits per heavy atom. The molecule has 0 amide bonds. The van der Waals surface area contributed by atoms with Crippen LogP contribution in [0.1, 0.15) is 27.9 Å². The number of carbonyl (C=O) groups is 2. The Morgan fingerprint density at radius 3 is 2.37 bits per heavy atom. The first-order chi connectivity index (χ1) is 12.9. The highest BCUT2D eigenvalue weighted by Gasteiger charge is 2.48. The third kappa shape index (κ3) is 4.18. The third-order valence-electron chi connectivity index (χ3n) is 5.31. The summed E-state index contributed by atoms with van der Waals surface area (Å²) < 4.78 is 0. The van der Waals surface area contributed by atoms with E-state index in [0.29, 0.717) is 19.5 Å². The van der Waals surface area contributed by atoms with Crippen LogP contribution in [0.25, 0.3) is 0 Å². The molecule has 0 radical (unpaired) electrons. The quantitative estimate of drug-likeness (QED) is 0.723. The van der Waals surface area contributed by atoms with Gasteiger partial charge in [0.1, 0.15) is 5.41 Å².